The van der Waals surface area contributed by atoms with Crippen LogP contribution in [0, 0.1) is 6.92 Å². The van der Waals surface area contributed by atoms with Crippen molar-refractivity contribution in [3.8, 4) is 0 Å². The number of benzene rings is 1. The lowest BCUT2D eigenvalue weighted by Crippen LogP contribution is -3.15. The molecule has 19 heavy (non-hydrogen) atoms. The van der Waals surface area contributed by atoms with Gasteiger partial charge in [0.15, 0.2) is 6.67 Å². The van der Waals surface area contributed by atoms with E-state index in [9.17, 15) is 9.59 Å². The Morgan fingerprint density at radius 1 is 1.26 bits per heavy atom. The van der Waals surface area contributed by atoms with Gasteiger partial charge in [0.2, 0.25) is 0 Å². The first-order valence-electron chi connectivity index (χ1n) is 6.55. The summed E-state index contributed by atoms with van der Waals surface area (Å²) < 4.78 is 5.31. The van der Waals surface area contributed by atoms with E-state index in [0.29, 0.717) is 25.4 Å². The van der Waals surface area contributed by atoms with Gasteiger partial charge in [0.25, 0.3) is 5.78 Å². The maximum Gasteiger partial charge on any atom is 0.303 e. The number of fused-ring (bicyclic) bond motifs is 1. The second-order valence-electron chi connectivity index (χ2n) is 5.10. The summed E-state index contributed by atoms with van der Waals surface area (Å²) in [6.07, 6.45) is 0. The number of hydrogen-bond acceptors (Lipinski definition) is 3. The normalized spacial score (nSPS) is 19.9. The van der Waals surface area contributed by atoms with E-state index in [4.69, 9.17) is 4.74 Å². The van der Waals surface area contributed by atoms with Gasteiger partial charge in [-0.2, -0.15) is 0 Å². The number of rotatable bonds is 2. The van der Waals surface area contributed by atoms with Crippen molar-refractivity contribution in [2.75, 3.05) is 37.9 Å². The summed E-state index contributed by atoms with van der Waals surface area (Å²) in [6.45, 7) is 5.65. The smallest absolute Gasteiger partial charge is 0.303 e. The molecule has 0 aliphatic carbocycles. The molecule has 0 spiro atoms. The minimum absolute atomic E-state index is 0.383. The first-order valence-corrected chi connectivity index (χ1v) is 6.55. The lowest BCUT2D eigenvalue weighted by molar-refractivity contribution is -0.906. The van der Waals surface area contributed by atoms with Crippen LogP contribution < -0.4 is 9.80 Å². The minimum atomic E-state index is -0.403. The molecule has 0 atom stereocenters. The summed E-state index contributed by atoms with van der Waals surface area (Å²) in [5, 5.41) is 0. The average Bonchev–Trinajstić information content (AvgIpc) is 2.65. The molecule has 0 saturated carbocycles. The number of carbonyl (C=O) groups excluding carboxylic acids is 2. The summed E-state index contributed by atoms with van der Waals surface area (Å²) in [5.41, 5.74) is 2.29. The Morgan fingerprint density at radius 2 is 2.00 bits per heavy atom. The number of Topliss-reactive ketones (excluding diaryl/α,β-unsaturated/α-hetero) is 1. The number of aryl methyl sites for hydroxylation is 1. The molecule has 5 heteroatoms. The Bertz CT molecular complexity index is 535. The molecule has 1 fully saturated rings. The average molecular weight is 261 g/mol. The van der Waals surface area contributed by atoms with Crippen molar-refractivity contribution < 1.29 is 19.2 Å². The van der Waals surface area contributed by atoms with E-state index in [0.717, 1.165) is 24.3 Å². The highest BCUT2D eigenvalue weighted by atomic mass is 16.5. The number of carbonyl (C=O) groups is 2. The lowest BCUT2D eigenvalue weighted by Gasteiger charge is -2.27. The van der Waals surface area contributed by atoms with Crippen molar-refractivity contribution in [1.82, 2.24) is 0 Å². The predicted octanol–water partition coefficient (Wildman–Crippen LogP) is -0.603. The monoisotopic (exact) mass is 261 g/mol. The van der Waals surface area contributed by atoms with Crippen molar-refractivity contribution in [3.63, 3.8) is 0 Å². The molecule has 1 saturated heterocycles. The highest BCUT2D eigenvalue weighted by Gasteiger charge is 2.37. The first kappa shape index (κ1) is 12.3. The van der Waals surface area contributed by atoms with Gasteiger partial charge < -0.3 is 9.64 Å². The molecule has 0 bridgehead atoms. The Labute approximate surface area is 111 Å². The van der Waals surface area contributed by atoms with Crippen LogP contribution in [0.4, 0.5) is 5.69 Å². The van der Waals surface area contributed by atoms with E-state index in [2.05, 4.69) is 0 Å². The molecule has 2 aliphatic rings. The van der Waals surface area contributed by atoms with E-state index >= 15 is 0 Å². The molecule has 1 aromatic carbocycles. The van der Waals surface area contributed by atoms with E-state index in [1.165, 1.54) is 4.90 Å². The van der Waals surface area contributed by atoms with E-state index in [1.807, 2.05) is 19.1 Å². The van der Waals surface area contributed by atoms with Gasteiger partial charge in [-0.15, -0.1) is 0 Å². The van der Waals surface area contributed by atoms with Gasteiger partial charge in [0, 0.05) is 0 Å². The van der Waals surface area contributed by atoms with Gasteiger partial charge >= 0.3 is 5.91 Å². The van der Waals surface area contributed by atoms with Crippen LogP contribution in [0.15, 0.2) is 18.2 Å². The largest absolute Gasteiger partial charge is 0.370 e. The third-order valence-electron chi connectivity index (χ3n) is 3.71. The highest BCUT2D eigenvalue weighted by molar-refractivity contribution is 6.52. The quantitative estimate of drug-likeness (QED) is 0.723. The van der Waals surface area contributed by atoms with Crippen molar-refractivity contribution in [2.24, 2.45) is 0 Å². The zero-order valence-electron chi connectivity index (χ0n) is 10.9. The fourth-order valence-corrected chi connectivity index (χ4v) is 2.61. The third kappa shape index (κ3) is 2.15. The number of anilines is 1. The number of nitrogens with zero attached hydrogens (tertiary/aromatic N) is 1. The van der Waals surface area contributed by atoms with Crippen molar-refractivity contribution in [2.45, 2.75) is 6.92 Å². The maximum absolute atomic E-state index is 12.1. The predicted molar refractivity (Wildman–Crippen MR) is 69.4 cm³/mol. The van der Waals surface area contributed by atoms with Crippen LogP contribution in [0.1, 0.15) is 15.9 Å². The van der Waals surface area contributed by atoms with E-state index in [-0.39, 0.29) is 5.78 Å². The maximum atomic E-state index is 12.1. The molecule has 0 unspecified atom stereocenters. The van der Waals surface area contributed by atoms with Crippen molar-refractivity contribution in [3.05, 3.63) is 29.3 Å². The van der Waals surface area contributed by atoms with Crippen LogP contribution >= 0.6 is 0 Å². The van der Waals surface area contributed by atoms with E-state index in [1.54, 1.807) is 11.0 Å². The molecule has 2 aliphatic heterocycles. The van der Waals surface area contributed by atoms with Crippen LogP contribution in [0.3, 0.4) is 0 Å². The molecule has 1 N–H and O–H groups in total. The second-order valence-corrected chi connectivity index (χ2v) is 5.10. The molecule has 3 rings (SSSR count). The number of ketones is 1. The van der Waals surface area contributed by atoms with Crippen LogP contribution in [0.25, 0.3) is 0 Å². The number of nitrogens with one attached hydrogen (secondary N) is 1. The number of quaternary nitrogens is 1. The molecule has 5 nitrogen and oxygen atoms in total. The highest BCUT2D eigenvalue weighted by Crippen LogP contribution is 2.28. The first-order chi connectivity index (χ1) is 9.16. The Hall–Kier alpha value is -1.72. The molecule has 1 amide bonds. The fraction of sp³-hybridized carbons (Fsp3) is 0.429. The number of ether oxygens (including phenoxy) is 1. The third-order valence-corrected chi connectivity index (χ3v) is 3.71. The molecule has 100 valence electrons. The zero-order chi connectivity index (χ0) is 13.4. The standard InChI is InChI=1S/C14H16N2O3/c1-10-2-3-12-11(8-10)13(17)14(18)16(12)9-15-4-6-19-7-5-15/h2-3,8H,4-7,9H2,1H3/p+1. The topological polar surface area (TPSA) is 51.0 Å². The lowest BCUT2D eigenvalue weighted by atomic mass is 10.1. The molecule has 0 aromatic heterocycles. The van der Waals surface area contributed by atoms with Gasteiger partial charge in [-0.3, -0.25) is 14.5 Å². The van der Waals surface area contributed by atoms with Crippen molar-refractivity contribution in [1.29, 1.82) is 0 Å². The van der Waals surface area contributed by atoms with Gasteiger partial charge in [-0.05, 0) is 19.1 Å². The molecule has 2 heterocycles. The number of amides is 1. The second kappa shape index (κ2) is 4.75. The van der Waals surface area contributed by atoms with E-state index < -0.39 is 5.91 Å². The number of morpholine rings is 1. The number of hydrogen-bond donors (Lipinski definition) is 1. The van der Waals surface area contributed by atoms with Crippen LogP contribution in [0.2, 0.25) is 0 Å². The molecular weight excluding hydrogens is 244 g/mol. The van der Waals surface area contributed by atoms with Gasteiger partial charge in [0.1, 0.15) is 13.1 Å². The summed E-state index contributed by atoms with van der Waals surface area (Å²) in [6, 6.07) is 5.60. The van der Waals surface area contributed by atoms with Gasteiger partial charge in [0.05, 0.1) is 24.5 Å². The van der Waals surface area contributed by atoms with Crippen molar-refractivity contribution >= 4 is 17.4 Å². The molecular formula is C14H17N2O3+. The Kier molecular flexibility index (Phi) is 3.08. The molecule has 1 aromatic rings. The van der Waals surface area contributed by atoms with Crippen LogP contribution in [0.5, 0.6) is 0 Å². The summed E-state index contributed by atoms with van der Waals surface area (Å²) >= 11 is 0. The van der Waals surface area contributed by atoms with Crippen LogP contribution in [-0.2, 0) is 9.53 Å². The van der Waals surface area contributed by atoms with Gasteiger partial charge in [-0.1, -0.05) is 11.6 Å². The Balaban J connectivity index is 1.86. The fourth-order valence-electron chi connectivity index (χ4n) is 2.61. The Morgan fingerprint density at radius 3 is 2.74 bits per heavy atom. The van der Waals surface area contributed by atoms with Crippen LogP contribution in [-0.4, -0.2) is 44.7 Å². The summed E-state index contributed by atoms with van der Waals surface area (Å²) in [5.74, 6) is -0.786. The summed E-state index contributed by atoms with van der Waals surface area (Å²) in [4.78, 5) is 26.9. The summed E-state index contributed by atoms with van der Waals surface area (Å²) in [7, 11) is 0. The zero-order valence-corrected chi connectivity index (χ0v) is 10.9. The SMILES string of the molecule is Cc1ccc2c(c1)C(=O)C(=O)N2C[NH+]1CCOCC1. The van der Waals surface area contributed by atoms with Gasteiger partial charge in [-0.25, -0.2) is 0 Å². The molecule has 0 radical (unpaired) electrons. The minimum Gasteiger partial charge on any atom is -0.370 e.